The number of sulfone groups is 1. The zero-order valence-electron chi connectivity index (χ0n) is 11.2. The minimum absolute atomic E-state index is 0.0163. The molecule has 1 aromatic rings. The minimum atomic E-state index is -3.79. The SMILES string of the molecule is CCS(=O)(=O)CCNS(=O)(=O)c1cc(Br)cc(N)c1C. The molecule has 0 spiro atoms. The van der Waals surface area contributed by atoms with Crippen molar-refractivity contribution in [3.63, 3.8) is 0 Å². The Kier molecular flexibility index (Phi) is 5.59. The number of hydrogen-bond donors (Lipinski definition) is 2. The maximum atomic E-state index is 12.1. The Morgan fingerprint density at radius 3 is 2.40 bits per heavy atom. The molecule has 0 unspecified atom stereocenters. The third kappa shape index (κ3) is 4.44. The number of hydrogen-bond acceptors (Lipinski definition) is 5. The van der Waals surface area contributed by atoms with Crippen molar-refractivity contribution in [2.45, 2.75) is 18.7 Å². The van der Waals surface area contributed by atoms with Crippen molar-refractivity contribution in [2.75, 3.05) is 23.8 Å². The molecule has 0 aliphatic carbocycles. The van der Waals surface area contributed by atoms with Gasteiger partial charge < -0.3 is 5.73 Å². The quantitative estimate of drug-likeness (QED) is 0.712. The summed E-state index contributed by atoms with van der Waals surface area (Å²) in [6.45, 7) is 2.95. The number of rotatable bonds is 6. The lowest BCUT2D eigenvalue weighted by atomic mass is 10.2. The first-order valence-electron chi connectivity index (χ1n) is 5.85. The fourth-order valence-corrected chi connectivity index (χ4v) is 4.29. The summed E-state index contributed by atoms with van der Waals surface area (Å²) in [7, 11) is -7.00. The van der Waals surface area contributed by atoms with E-state index in [0.29, 0.717) is 15.7 Å². The molecule has 0 heterocycles. The molecular formula is C11H17BrN2O4S2. The van der Waals surface area contributed by atoms with Gasteiger partial charge in [-0.1, -0.05) is 22.9 Å². The lowest BCUT2D eigenvalue weighted by molar-refractivity contribution is 0.580. The number of nitrogens with two attached hydrogens (primary N) is 1. The van der Waals surface area contributed by atoms with Gasteiger partial charge >= 0.3 is 0 Å². The lowest BCUT2D eigenvalue weighted by Gasteiger charge is -2.11. The monoisotopic (exact) mass is 384 g/mol. The van der Waals surface area contributed by atoms with Crippen LogP contribution in [0.1, 0.15) is 12.5 Å². The third-order valence-corrected chi connectivity index (χ3v) is 6.55. The molecule has 0 atom stereocenters. The maximum absolute atomic E-state index is 12.1. The molecular weight excluding hydrogens is 368 g/mol. The fourth-order valence-electron chi connectivity index (χ4n) is 1.51. The van der Waals surface area contributed by atoms with E-state index in [9.17, 15) is 16.8 Å². The van der Waals surface area contributed by atoms with Gasteiger partial charge in [0.2, 0.25) is 10.0 Å². The van der Waals surface area contributed by atoms with Crippen LogP contribution in [0.25, 0.3) is 0 Å². The van der Waals surface area contributed by atoms with Gasteiger partial charge in [0.05, 0.1) is 10.6 Å². The molecule has 0 aliphatic rings. The second-order valence-corrected chi connectivity index (χ2v) is 9.38. The van der Waals surface area contributed by atoms with E-state index in [0.717, 1.165) is 0 Å². The van der Waals surface area contributed by atoms with Crippen LogP contribution in [0.5, 0.6) is 0 Å². The largest absolute Gasteiger partial charge is 0.398 e. The Morgan fingerprint density at radius 1 is 1.25 bits per heavy atom. The van der Waals surface area contributed by atoms with E-state index in [4.69, 9.17) is 5.73 Å². The van der Waals surface area contributed by atoms with Crippen LogP contribution in [0.2, 0.25) is 0 Å². The van der Waals surface area contributed by atoms with Crippen molar-refractivity contribution in [1.82, 2.24) is 4.72 Å². The fraction of sp³-hybridized carbons (Fsp3) is 0.455. The van der Waals surface area contributed by atoms with Crippen molar-refractivity contribution in [3.8, 4) is 0 Å². The van der Waals surface area contributed by atoms with Crippen molar-refractivity contribution in [2.24, 2.45) is 0 Å². The molecule has 20 heavy (non-hydrogen) atoms. The molecule has 1 rings (SSSR count). The molecule has 0 bridgehead atoms. The molecule has 6 nitrogen and oxygen atoms in total. The highest BCUT2D eigenvalue weighted by Gasteiger charge is 2.19. The lowest BCUT2D eigenvalue weighted by Crippen LogP contribution is -2.30. The number of halogens is 1. The van der Waals surface area contributed by atoms with Gasteiger partial charge in [-0.2, -0.15) is 0 Å². The van der Waals surface area contributed by atoms with E-state index < -0.39 is 19.9 Å². The zero-order valence-corrected chi connectivity index (χ0v) is 14.4. The number of benzene rings is 1. The van der Waals surface area contributed by atoms with Crippen LogP contribution < -0.4 is 10.5 Å². The maximum Gasteiger partial charge on any atom is 0.240 e. The van der Waals surface area contributed by atoms with Crippen LogP contribution in [-0.4, -0.2) is 34.9 Å². The summed E-state index contributed by atoms with van der Waals surface area (Å²) in [5.41, 5.74) is 6.50. The number of anilines is 1. The molecule has 0 radical (unpaired) electrons. The van der Waals surface area contributed by atoms with Gasteiger partial charge in [-0.05, 0) is 24.6 Å². The molecule has 0 fully saturated rings. The number of nitrogen functional groups attached to an aromatic ring is 1. The van der Waals surface area contributed by atoms with Crippen LogP contribution in [0.15, 0.2) is 21.5 Å². The number of nitrogens with one attached hydrogen (secondary N) is 1. The normalized spacial score (nSPS) is 12.6. The van der Waals surface area contributed by atoms with E-state index in [2.05, 4.69) is 20.7 Å². The van der Waals surface area contributed by atoms with Crippen LogP contribution in [-0.2, 0) is 19.9 Å². The average Bonchev–Trinajstić information content (AvgIpc) is 2.33. The first-order chi connectivity index (χ1) is 9.09. The second kappa shape index (κ2) is 6.42. The van der Waals surface area contributed by atoms with Crippen LogP contribution in [0.4, 0.5) is 5.69 Å². The molecule has 1 aromatic carbocycles. The first-order valence-corrected chi connectivity index (χ1v) is 9.94. The highest BCUT2D eigenvalue weighted by Crippen LogP contribution is 2.26. The Hall–Kier alpha value is -0.640. The van der Waals surface area contributed by atoms with E-state index in [1.165, 1.54) is 13.0 Å². The van der Waals surface area contributed by atoms with Crippen LogP contribution in [0, 0.1) is 6.92 Å². The van der Waals surface area contributed by atoms with Gasteiger partial charge in [0, 0.05) is 22.5 Å². The van der Waals surface area contributed by atoms with Gasteiger partial charge in [0.15, 0.2) is 9.84 Å². The second-order valence-electron chi connectivity index (χ2n) is 4.25. The average molecular weight is 385 g/mol. The standard InChI is InChI=1S/C11H17BrN2O4S2/c1-3-19(15,16)5-4-14-20(17,18)11-7-9(12)6-10(13)8(11)2/h6-7,14H,3-5,13H2,1-2H3. The van der Waals surface area contributed by atoms with Crippen molar-refractivity contribution < 1.29 is 16.8 Å². The molecule has 0 aliphatic heterocycles. The molecule has 114 valence electrons. The molecule has 9 heteroatoms. The summed E-state index contributed by atoms with van der Waals surface area (Å²) in [6.07, 6.45) is 0. The summed E-state index contributed by atoms with van der Waals surface area (Å²) < 4.78 is 49.8. The molecule has 0 saturated heterocycles. The zero-order chi connectivity index (χ0) is 15.6. The third-order valence-electron chi connectivity index (χ3n) is 2.80. The number of sulfonamides is 1. The molecule has 0 saturated carbocycles. The highest BCUT2D eigenvalue weighted by molar-refractivity contribution is 9.10. The van der Waals surface area contributed by atoms with Gasteiger partial charge in [0.1, 0.15) is 0 Å². The first kappa shape index (κ1) is 17.4. The van der Waals surface area contributed by atoms with Crippen LogP contribution >= 0.6 is 15.9 Å². The summed E-state index contributed by atoms with van der Waals surface area (Å²) in [5.74, 6) is -0.247. The summed E-state index contributed by atoms with van der Waals surface area (Å²) in [6, 6.07) is 3.04. The van der Waals surface area contributed by atoms with E-state index in [-0.39, 0.29) is 22.9 Å². The Balaban J connectivity index is 2.96. The minimum Gasteiger partial charge on any atom is -0.398 e. The summed E-state index contributed by atoms with van der Waals surface area (Å²) in [5, 5.41) is 0. The van der Waals surface area contributed by atoms with Crippen molar-refractivity contribution >= 4 is 41.5 Å². The smallest absolute Gasteiger partial charge is 0.240 e. The topological polar surface area (TPSA) is 106 Å². The van der Waals surface area contributed by atoms with Crippen molar-refractivity contribution in [3.05, 3.63) is 22.2 Å². The Labute approximate surface area is 127 Å². The molecule has 0 aromatic heterocycles. The Morgan fingerprint density at radius 2 is 1.85 bits per heavy atom. The summed E-state index contributed by atoms with van der Waals surface area (Å²) >= 11 is 3.18. The van der Waals surface area contributed by atoms with Gasteiger partial charge in [0.25, 0.3) is 0 Å². The van der Waals surface area contributed by atoms with E-state index >= 15 is 0 Å². The van der Waals surface area contributed by atoms with Crippen LogP contribution in [0.3, 0.4) is 0 Å². The van der Waals surface area contributed by atoms with Crippen molar-refractivity contribution in [1.29, 1.82) is 0 Å². The Bertz CT molecular complexity index is 699. The summed E-state index contributed by atoms with van der Waals surface area (Å²) in [4.78, 5) is 0.0401. The van der Waals surface area contributed by atoms with E-state index in [1.807, 2.05) is 0 Å². The predicted molar refractivity (Wildman–Crippen MR) is 82.8 cm³/mol. The van der Waals surface area contributed by atoms with Gasteiger partial charge in [-0.15, -0.1) is 0 Å². The predicted octanol–water partition coefficient (Wildman–Crippen LogP) is 1.05. The van der Waals surface area contributed by atoms with Gasteiger partial charge in [-0.3, -0.25) is 0 Å². The molecule has 0 amide bonds. The molecule has 3 N–H and O–H groups in total. The highest BCUT2D eigenvalue weighted by atomic mass is 79.9. The van der Waals surface area contributed by atoms with Gasteiger partial charge in [-0.25, -0.2) is 21.6 Å². The van der Waals surface area contributed by atoms with E-state index in [1.54, 1.807) is 13.0 Å².